The van der Waals surface area contributed by atoms with Crippen molar-refractivity contribution in [3.8, 4) is 6.07 Å². The first-order valence-electron chi connectivity index (χ1n) is 8.93. The molecule has 3 rings (SSSR count). The molecule has 9 nitrogen and oxygen atoms in total. The molecule has 1 saturated heterocycles. The Bertz CT molecular complexity index is 1050. The van der Waals surface area contributed by atoms with Crippen molar-refractivity contribution in [2.24, 2.45) is 0 Å². The average molecular weight is 421 g/mol. The molecule has 1 aromatic heterocycles. The lowest BCUT2D eigenvalue weighted by Crippen LogP contribution is -2.40. The summed E-state index contributed by atoms with van der Waals surface area (Å²) in [5, 5.41) is 15.5. The van der Waals surface area contributed by atoms with Gasteiger partial charge in [0.15, 0.2) is 0 Å². The van der Waals surface area contributed by atoms with Gasteiger partial charge in [-0.3, -0.25) is 4.79 Å². The average Bonchev–Trinajstić information content (AvgIpc) is 3.06. The number of carbonyl (C=O) groups excluding carboxylic acids is 1. The van der Waals surface area contributed by atoms with Crippen molar-refractivity contribution in [1.29, 1.82) is 5.26 Å². The lowest BCUT2D eigenvalue weighted by atomic mass is 10.2. The van der Waals surface area contributed by atoms with Crippen molar-refractivity contribution < 1.29 is 22.3 Å². The van der Waals surface area contributed by atoms with E-state index in [1.54, 1.807) is 13.0 Å². The van der Waals surface area contributed by atoms with Gasteiger partial charge in [-0.25, -0.2) is 17.5 Å². The van der Waals surface area contributed by atoms with E-state index >= 15 is 0 Å². The maximum Gasteiger partial charge on any atom is 0.259 e. The summed E-state index contributed by atoms with van der Waals surface area (Å²) in [5.41, 5.74) is 0.215. The van der Waals surface area contributed by atoms with Crippen molar-refractivity contribution in [3.05, 3.63) is 41.3 Å². The van der Waals surface area contributed by atoms with E-state index in [2.05, 4.69) is 10.4 Å². The molecule has 0 atom stereocenters. The smallest absolute Gasteiger partial charge is 0.259 e. The number of nitrogens with one attached hydrogen (secondary N) is 1. The monoisotopic (exact) mass is 421 g/mol. The van der Waals surface area contributed by atoms with Crippen LogP contribution in [0.25, 0.3) is 0 Å². The van der Waals surface area contributed by atoms with Crippen LogP contribution >= 0.6 is 0 Å². The van der Waals surface area contributed by atoms with Gasteiger partial charge in [0, 0.05) is 19.2 Å². The van der Waals surface area contributed by atoms with Crippen LogP contribution in [0.4, 0.5) is 10.2 Å². The van der Waals surface area contributed by atoms with Crippen LogP contribution in [-0.4, -0.2) is 54.7 Å². The van der Waals surface area contributed by atoms with E-state index < -0.39 is 27.3 Å². The fraction of sp³-hybridized carbons (Fsp3) is 0.389. The number of morpholine rings is 1. The molecule has 29 heavy (non-hydrogen) atoms. The molecule has 1 N–H and O–H groups in total. The zero-order valence-electron chi connectivity index (χ0n) is 15.8. The van der Waals surface area contributed by atoms with E-state index in [0.29, 0.717) is 11.5 Å². The fourth-order valence-corrected chi connectivity index (χ4v) is 4.37. The highest BCUT2D eigenvalue weighted by Crippen LogP contribution is 2.21. The first-order chi connectivity index (χ1) is 13.8. The third-order valence-corrected chi connectivity index (χ3v) is 6.26. The second-order valence-electron chi connectivity index (χ2n) is 6.41. The van der Waals surface area contributed by atoms with Crippen LogP contribution in [-0.2, 0) is 21.3 Å². The number of anilines is 1. The molecular formula is C18H20FN5O4S. The number of sulfonamides is 1. The first kappa shape index (κ1) is 20.9. The lowest BCUT2D eigenvalue weighted by molar-refractivity contribution is 0.0730. The Kier molecular flexibility index (Phi) is 6.26. The molecule has 0 saturated carbocycles. The minimum Gasteiger partial charge on any atom is -0.379 e. The highest BCUT2D eigenvalue weighted by atomic mass is 32.2. The molecule has 0 bridgehead atoms. The number of carbonyl (C=O) groups is 1. The van der Waals surface area contributed by atoms with Gasteiger partial charge >= 0.3 is 0 Å². The number of rotatable bonds is 6. The minimum absolute atomic E-state index is 0.167. The highest BCUT2D eigenvalue weighted by Gasteiger charge is 2.28. The summed E-state index contributed by atoms with van der Waals surface area (Å²) in [7, 11) is -3.87. The lowest BCUT2D eigenvalue weighted by Gasteiger charge is -2.26. The maximum atomic E-state index is 14.3. The Balaban J connectivity index is 1.87. The summed E-state index contributed by atoms with van der Waals surface area (Å²) in [5.74, 6) is -1.36. The summed E-state index contributed by atoms with van der Waals surface area (Å²) >= 11 is 0. The molecule has 11 heteroatoms. The van der Waals surface area contributed by atoms with Gasteiger partial charge in [-0.15, -0.1) is 0 Å². The number of aryl methyl sites for hydroxylation is 2. The zero-order chi connectivity index (χ0) is 21.0. The predicted molar refractivity (Wildman–Crippen MR) is 101 cm³/mol. The van der Waals surface area contributed by atoms with Crippen LogP contribution in [0.2, 0.25) is 0 Å². The number of nitriles is 1. The molecule has 1 aliphatic heterocycles. The van der Waals surface area contributed by atoms with Gasteiger partial charge in [0.05, 0.1) is 48.4 Å². The Morgan fingerprint density at radius 3 is 2.76 bits per heavy atom. The number of halogens is 1. The number of nitrogens with zero attached hydrogens (tertiary/aromatic N) is 4. The molecule has 0 radical (unpaired) electrons. The van der Waals surface area contributed by atoms with Gasteiger partial charge in [0.25, 0.3) is 5.91 Å². The number of ether oxygens (including phenoxy) is 1. The topological polar surface area (TPSA) is 117 Å². The van der Waals surface area contributed by atoms with E-state index in [9.17, 15) is 17.6 Å². The van der Waals surface area contributed by atoms with Crippen LogP contribution in [0.5, 0.6) is 0 Å². The third kappa shape index (κ3) is 4.61. The largest absolute Gasteiger partial charge is 0.379 e. The fourth-order valence-electron chi connectivity index (χ4n) is 2.93. The maximum absolute atomic E-state index is 14.3. The van der Waals surface area contributed by atoms with E-state index in [1.807, 2.05) is 6.07 Å². The third-order valence-electron chi connectivity index (χ3n) is 4.37. The van der Waals surface area contributed by atoms with E-state index in [-0.39, 0.29) is 44.2 Å². The Labute approximate surface area is 167 Å². The summed E-state index contributed by atoms with van der Waals surface area (Å²) in [4.78, 5) is 12.5. The molecular weight excluding hydrogens is 401 g/mol. The molecule has 0 aliphatic carbocycles. The van der Waals surface area contributed by atoms with E-state index in [4.69, 9.17) is 10.00 Å². The second kappa shape index (κ2) is 8.69. The summed E-state index contributed by atoms with van der Waals surface area (Å²) in [6, 6.07) is 6.70. The predicted octanol–water partition coefficient (Wildman–Crippen LogP) is 1.52. The molecule has 1 aromatic carbocycles. The molecule has 0 unspecified atom stereocenters. The van der Waals surface area contributed by atoms with Crippen LogP contribution < -0.4 is 5.32 Å². The standard InChI is InChI=1S/C18H20FN5O4S/c1-13-11-17(24(22-13)6-2-5-20)21-18(25)15-12-14(3-4-16(15)19)29(26,27)23-7-9-28-10-8-23/h3-4,11-12H,2,6-10H2,1H3,(H,21,25). The normalized spacial score (nSPS) is 15.1. The molecule has 1 fully saturated rings. The summed E-state index contributed by atoms with van der Waals surface area (Å²) in [6.45, 7) is 2.92. The van der Waals surface area contributed by atoms with Crippen LogP contribution in [0.1, 0.15) is 22.5 Å². The van der Waals surface area contributed by atoms with Gasteiger partial charge in [-0.05, 0) is 25.1 Å². The highest BCUT2D eigenvalue weighted by molar-refractivity contribution is 7.89. The van der Waals surface area contributed by atoms with Gasteiger partial charge in [-0.2, -0.15) is 14.7 Å². The van der Waals surface area contributed by atoms with Crippen molar-refractivity contribution in [2.45, 2.75) is 24.8 Å². The number of amides is 1. The zero-order valence-corrected chi connectivity index (χ0v) is 16.6. The Morgan fingerprint density at radius 2 is 2.07 bits per heavy atom. The quantitative estimate of drug-likeness (QED) is 0.756. The van der Waals surface area contributed by atoms with Crippen LogP contribution in [0, 0.1) is 24.1 Å². The summed E-state index contributed by atoms with van der Waals surface area (Å²) < 4.78 is 47.7. The van der Waals surface area contributed by atoms with Gasteiger partial charge in [0.1, 0.15) is 11.6 Å². The first-order valence-corrected chi connectivity index (χ1v) is 10.4. The van der Waals surface area contributed by atoms with Crippen LogP contribution in [0.15, 0.2) is 29.2 Å². The van der Waals surface area contributed by atoms with Crippen molar-refractivity contribution in [1.82, 2.24) is 14.1 Å². The molecule has 154 valence electrons. The van der Waals surface area contributed by atoms with Crippen molar-refractivity contribution >= 4 is 21.7 Å². The second-order valence-corrected chi connectivity index (χ2v) is 8.35. The van der Waals surface area contributed by atoms with Crippen molar-refractivity contribution in [3.63, 3.8) is 0 Å². The SMILES string of the molecule is Cc1cc(NC(=O)c2cc(S(=O)(=O)N3CCOCC3)ccc2F)n(CCC#N)n1. The number of benzene rings is 1. The number of aromatic nitrogens is 2. The number of hydrogen-bond donors (Lipinski definition) is 1. The van der Waals surface area contributed by atoms with Crippen molar-refractivity contribution in [2.75, 3.05) is 31.6 Å². The van der Waals surface area contributed by atoms with Gasteiger partial charge < -0.3 is 10.1 Å². The Morgan fingerprint density at radius 1 is 1.34 bits per heavy atom. The Hall–Kier alpha value is -2.81. The van der Waals surface area contributed by atoms with E-state index in [0.717, 1.165) is 18.2 Å². The van der Waals surface area contributed by atoms with Crippen LogP contribution in [0.3, 0.4) is 0 Å². The molecule has 2 heterocycles. The molecule has 2 aromatic rings. The molecule has 1 amide bonds. The van der Waals surface area contributed by atoms with E-state index in [1.165, 1.54) is 8.99 Å². The summed E-state index contributed by atoms with van der Waals surface area (Å²) in [6.07, 6.45) is 0.186. The minimum atomic E-state index is -3.87. The molecule has 1 aliphatic rings. The number of hydrogen-bond acceptors (Lipinski definition) is 6. The van der Waals surface area contributed by atoms with Gasteiger partial charge in [0.2, 0.25) is 10.0 Å². The van der Waals surface area contributed by atoms with Gasteiger partial charge in [-0.1, -0.05) is 0 Å². The molecule has 0 spiro atoms.